The number of unbranched alkanes of at least 4 members (excludes halogenated alkanes) is 1. The Morgan fingerprint density at radius 1 is 1.00 bits per heavy atom. The Morgan fingerprint density at radius 3 is 2.40 bits per heavy atom. The van der Waals surface area contributed by atoms with Gasteiger partial charge in [0.2, 0.25) is 0 Å². The van der Waals surface area contributed by atoms with Crippen LogP contribution in [0.1, 0.15) is 49.8 Å². The van der Waals surface area contributed by atoms with Gasteiger partial charge in [0.1, 0.15) is 0 Å². The maximum Gasteiger partial charge on any atom is 0.0180 e. The highest BCUT2D eigenvalue weighted by molar-refractivity contribution is 5.32. The lowest BCUT2D eigenvalue weighted by Crippen LogP contribution is -2.02. The first-order valence-electron chi connectivity index (χ1n) is 6.12. The van der Waals surface area contributed by atoms with Crippen LogP contribution in [0, 0.1) is 0 Å². The van der Waals surface area contributed by atoms with Crippen LogP contribution in [0.3, 0.4) is 0 Å². The molecular weight excluding hydrogens is 182 g/mol. The van der Waals surface area contributed by atoms with Gasteiger partial charge in [-0.2, -0.15) is 0 Å². The molecule has 2 N–H and O–H groups in total. The Morgan fingerprint density at radius 2 is 1.80 bits per heavy atom. The summed E-state index contributed by atoms with van der Waals surface area (Å²) in [6.45, 7) is 5.13. The summed E-state index contributed by atoms with van der Waals surface area (Å²) >= 11 is 0. The van der Waals surface area contributed by atoms with Crippen molar-refractivity contribution in [3.8, 4) is 0 Å². The summed E-state index contributed by atoms with van der Waals surface area (Å²) in [6.07, 6.45) is 6.10. The van der Waals surface area contributed by atoms with Gasteiger partial charge in [0.25, 0.3) is 0 Å². The van der Waals surface area contributed by atoms with E-state index < -0.39 is 0 Å². The van der Waals surface area contributed by atoms with E-state index in [-0.39, 0.29) is 0 Å². The molecule has 0 unspecified atom stereocenters. The molecule has 0 aromatic heterocycles. The quantitative estimate of drug-likeness (QED) is 0.756. The van der Waals surface area contributed by atoms with Crippen molar-refractivity contribution in [1.29, 1.82) is 0 Å². The van der Waals surface area contributed by atoms with Gasteiger partial charge in [-0.25, -0.2) is 0 Å². The van der Waals surface area contributed by atoms with Gasteiger partial charge in [0.05, 0.1) is 0 Å². The molecule has 15 heavy (non-hydrogen) atoms. The summed E-state index contributed by atoms with van der Waals surface area (Å²) in [5.41, 5.74) is 9.99. The predicted molar refractivity (Wildman–Crippen MR) is 66.9 cm³/mol. The van der Waals surface area contributed by atoms with Crippen molar-refractivity contribution in [2.24, 2.45) is 5.73 Å². The molecule has 0 radical (unpaired) electrons. The van der Waals surface area contributed by atoms with Gasteiger partial charge in [-0.05, 0) is 36.0 Å². The molecule has 0 saturated carbocycles. The van der Waals surface area contributed by atoms with Crippen LogP contribution in [0.2, 0.25) is 0 Å². The molecule has 0 fully saturated rings. The molecule has 1 rings (SSSR count). The van der Waals surface area contributed by atoms with Crippen molar-refractivity contribution in [3.05, 3.63) is 34.9 Å². The first-order valence-corrected chi connectivity index (χ1v) is 6.12. The van der Waals surface area contributed by atoms with E-state index in [1.54, 1.807) is 0 Å². The third-order valence-corrected chi connectivity index (χ3v) is 2.83. The Labute approximate surface area is 93.7 Å². The van der Waals surface area contributed by atoms with Gasteiger partial charge in [0, 0.05) is 6.54 Å². The minimum Gasteiger partial charge on any atom is -0.326 e. The zero-order valence-corrected chi connectivity index (χ0v) is 10.1. The third-order valence-electron chi connectivity index (χ3n) is 2.83. The molecule has 0 atom stereocenters. The van der Waals surface area contributed by atoms with Crippen molar-refractivity contribution < 1.29 is 0 Å². The number of hydrogen-bond donors (Lipinski definition) is 1. The molecule has 1 aromatic carbocycles. The molecule has 0 aliphatic heterocycles. The fourth-order valence-corrected chi connectivity index (χ4v) is 1.92. The highest BCUT2D eigenvalue weighted by Gasteiger charge is 2.02. The summed E-state index contributed by atoms with van der Waals surface area (Å²) in [5.74, 6) is 0. The lowest BCUT2D eigenvalue weighted by atomic mass is 9.97. The normalized spacial score (nSPS) is 10.6. The fourth-order valence-electron chi connectivity index (χ4n) is 1.92. The highest BCUT2D eigenvalue weighted by Crippen LogP contribution is 2.15. The molecule has 0 aliphatic carbocycles. The second-order valence-electron chi connectivity index (χ2n) is 4.16. The summed E-state index contributed by atoms with van der Waals surface area (Å²) < 4.78 is 0. The second kappa shape index (κ2) is 6.62. The minimum absolute atomic E-state index is 0.672. The van der Waals surface area contributed by atoms with Crippen molar-refractivity contribution in [2.75, 3.05) is 0 Å². The molecule has 0 aliphatic rings. The molecule has 0 bridgehead atoms. The summed E-state index contributed by atoms with van der Waals surface area (Å²) in [6, 6.07) is 6.78. The number of benzene rings is 1. The first kappa shape index (κ1) is 12.3. The summed E-state index contributed by atoms with van der Waals surface area (Å²) in [4.78, 5) is 0. The van der Waals surface area contributed by atoms with Gasteiger partial charge in [-0.1, -0.05) is 44.9 Å². The Bertz CT molecular complexity index is 291. The molecular formula is C14H23N. The van der Waals surface area contributed by atoms with E-state index in [0.29, 0.717) is 6.54 Å². The van der Waals surface area contributed by atoms with Crippen LogP contribution in [-0.4, -0.2) is 0 Å². The number of nitrogens with two attached hydrogens (primary N) is 1. The zero-order valence-electron chi connectivity index (χ0n) is 10.1. The van der Waals surface area contributed by atoms with Crippen LogP contribution in [0.25, 0.3) is 0 Å². The topological polar surface area (TPSA) is 26.0 Å². The van der Waals surface area contributed by atoms with E-state index in [1.165, 1.54) is 48.8 Å². The SMILES string of the molecule is CCCCc1cc(CCC)ccc1CN. The monoisotopic (exact) mass is 205 g/mol. The zero-order chi connectivity index (χ0) is 11.1. The van der Waals surface area contributed by atoms with E-state index in [4.69, 9.17) is 5.73 Å². The minimum atomic E-state index is 0.672. The fraction of sp³-hybridized carbons (Fsp3) is 0.571. The van der Waals surface area contributed by atoms with E-state index >= 15 is 0 Å². The molecule has 0 amide bonds. The van der Waals surface area contributed by atoms with Crippen molar-refractivity contribution in [1.82, 2.24) is 0 Å². The predicted octanol–water partition coefficient (Wildman–Crippen LogP) is 3.44. The molecule has 0 heterocycles. The molecule has 0 spiro atoms. The maximum atomic E-state index is 5.75. The van der Waals surface area contributed by atoms with Crippen molar-refractivity contribution in [2.45, 2.75) is 52.5 Å². The van der Waals surface area contributed by atoms with Crippen molar-refractivity contribution in [3.63, 3.8) is 0 Å². The molecule has 1 aromatic rings. The molecule has 1 heteroatoms. The Kier molecular flexibility index (Phi) is 5.41. The van der Waals surface area contributed by atoms with Crippen molar-refractivity contribution >= 4 is 0 Å². The van der Waals surface area contributed by atoms with Crippen LogP contribution in [0.15, 0.2) is 18.2 Å². The van der Waals surface area contributed by atoms with Crippen LogP contribution < -0.4 is 5.73 Å². The van der Waals surface area contributed by atoms with E-state index in [0.717, 1.165) is 0 Å². The molecule has 1 nitrogen and oxygen atoms in total. The highest BCUT2D eigenvalue weighted by atomic mass is 14.5. The molecule has 84 valence electrons. The van der Waals surface area contributed by atoms with Gasteiger partial charge < -0.3 is 5.73 Å². The lowest BCUT2D eigenvalue weighted by molar-refractivity contribution is 0.782. The number of aryl methyl sites for hydroxylation is 2. The van der Waals surface area contributed by atoms with Gasteiger partial charge in [-0.3, -0.25) is 0 Å². The maximum absolute atomic E-state index is 5.75. The van der Waals surface area contributed by atoms with Crippen LogP contribution in [0.5, 0.6) is 0 Å². The smallest absolute Gasteiger partial charge is 0.0180 e. The Balaban J connectivity index is 2.81. The number of hydrogen-bond acceptors (Lipinski definition) is 1. The average molecular weight is 205 g/mol. The Hall–Kier alpha value is -0.820. The summed E-state index contributed by atoms with van der Waals surface area (Å²) in [7, 11) is 0. The van der Waals surface area contributed by atoms with E-state index in [9.17, 15) is 0 Å². The van der Waals surface area contributed by atoms with Crippen LogP contribution >= 0.6 is 0 Å². The number of rotatable bonds is 6. The second-order valence-corrected chi connectivity index (χ2v) is 4.16. The van der Waals surface area contributed by atoms with Crippen LogP contribution in [-0.2, 0) is 19.4 Å². The van der Waals surface area contributed by atoms with E-state index in [1.807, 2.05) is 0 Å². The third kappa shape index (κ3) is 3.67. The summed E-state index contributed by atoms with van der Waals surface area (Å²) in [5, 5.41) is 0. The van der Waals surface area contributed by atoms with E-state index in [2.05, 4.69) is 32.0 Å². The molecule has 0 saturated heterocycles. The van der Waals surface area contributed by atoms with Gasteiger partial charge in [-0.15, -0.1) is 0 Å². The lowest BCUT2D eigenvalue weighted by Gasteiger charge is -2.09. The standard InChI is InChI=1S/C14H23N/c1-3-5-7-13-10-12(6-4-2)8-9-14(13)11-15/h8-10H,3-7,11,15H2,1-2H3. The van der Waals surface area contributed by atoms with Gasteiger partial charge in [0.15, 0.2) is 0 Å². The largest absolute Gasteiger partial charge is 0.326 e. The first-order chi connectivity index (χ1) is 7.31. The van der Waals surface area contributed by atoms with Gasteiger partial charge >= 0.3 is 0 Å². The average Bonchev–Trinajstić information content (AvgIpc) is 2.27. The van der Waals surface area contributed by atoms with Crippen LogP contribution in [0.4, 0.5) is 0 Å².